The molecule has 2 amide bonds. The maximum Gasteiger partial charge on any atom is 0.258 e. The Morgan fingerprint density at radius 1 is 0.771 bits per heavy atom. The van der Waals surface area contributed by atoms with Crippen LogP contribution in [0, 0.1) is 6.92 Å². The molecule has 4 aromatic rings. The third-order valence-electron chi connectivity index (χ3n) is 5.71. The van der Waals surface area contributed by atoms with Gasteiger partial charge in [0.05, 0.1) is 20.1 Å². The minimum Gasteiger partial charge on any atom is -0.497 e. The van der Waals surface area contributed by atoms with Crippen molar-refractivity contribution in [2.24, 2.45) is 0 Å². The largest absolute Gasteiger partial charge is 0.497 e. The molecule has 0 radical (unpaired) electrons. The number of amides is 2. The number of aryl methyl sites for hydroxylation is 1. The van der Waals surface area contributed by atoms with E-state index in [1.54, 1.807) is 36.3 Å². The summed E-state index contributed by atoms with van der Waals surface area (Å²) in [5.41, 5.74) is 5.13. The van der Waals surface area contributed by atoms with Crippen molar-refractivity contribution >= 4 is 23.2 Å². The smallest absolute Gasteiger partial charge is 0.258 e. The monoisotopic (exact) mass is 464 g/mol. The van der Waals surface area contributed by atoms with E-state index in [0.29, 0.717) is 17.8 Å². The maximum atomic E-state index is 13.4. The zero-order chi connectivity index (χ0) is 24.6. The van der Waals surface area contributed by atoms with Gasteiger partial charge in [0.25, 0.3) is 5.91 Å². The topological polar surface area (TPSA) is 58.6 Å². The molecule has 0 fully saturated rings. The number of nitrogens with zero attached hydrogens (tertiary/aromatic N) is 1. The number of ether oxygens (including phenoxy) is 1. The SMILES string of the molecule is COc1ccc(NC(=O)Cc2ccc(N(Cc3ccccc3)C(=O)c3ccc(C)cc3)cc2)cc1. The van der Waals surface area contributed by atoms with Gasteiger partial charge in [-0.05, 0) is 66.6 Å². The van der Waals surface area contributed by atoms with Crippen LogP contribution in [0.2, 0.25) is 0 Å². The van der Waals surface area contributed by atoms with Crippen LogP contribution < -0.4 is 15.0 Å². The van der Waals surface area contributed by atoms with Gasteiger partial charge in [0.2, 0.25) is 5.91 Å². The van der Waals surface area contributed by atoms with E-state index in [1.807, 2.05) is 85.8 Å². The highest BCUT2D eigenvalue weighted by molar-refractivity contribution is 6.06. The van der Waals surface area contributed by atoms with Crippen LogP contribution in [-0.4, -0.2) is 18.9 Å². The average molecular weight is 465 g/mol. The fourth-order valence-corrected chi connectivity index (χ4v) is 3.76. The Balaban J connectivity index is 1.49. The van der Waals surface area contributed by atoms with E-state index in [1.165, 1.54) is 0 Å². The number of methoxy groups -OCH3 is 1. The molecule has 0 saturated carbocycles. The standard InChI is InChI=1S/C30H28N2O3/c1-22-8-12-25(13-9-22)30(34)32(21-24-6-4-3-5-7-24)27-16-10-23(11-17-27)20-29(33)31-26-14-18-28(35-2)19-15-26/h3-19H,20-21H2,1-2H3,(H,31,33). The van der Waals surface area contributed by atoms with Crippen LogP contribution >= 0.6 is 0 Å². The van der Waals surface area contributed by atoms with Crippen molar-refractivity contribution in [2.75, 3.05) is 17.3 Å². The molecule has 0 bridgehead atoms. The third kappa shape index (κ3) is 6.36. The Morgan fingerprint density at radius 2 is 1.43 bits per heavy atom. The molecule has 176 valence electrons. The van der Waals surface area contributed by atoms with Gasteiger partial charge in [-0.25, -0.2) is 0 Å². The van der Waals surface area contributed by atoms with Crippen LogP contribution in [0.15, 0.2) is 103 Å². The Hall–Kier alpha value is -4.38. The lowest BCUT2D eigenvalue weighted by Gasteiger charge is -2.23. The normalized spacial score (nSPS) is 10.5. The zero-order valence-corrected chi connectivity index (χ0v) is 19.9. The van der Waals surface area contributed by atoms with E-state index in [4.69, 9.17) is 4.74 Å². The highest BCUT2D eigenvalue weighted by Gasteiger charge is 2.18. The summed E-state index contributed by atoms with van der Waals surface area (Å²) in [6.07, 6.45) is 0.233. The predicted molar refractivity (Wildman–Crippen MR) is 140 cm³/mol. The molecule has 35 heavy (non-hydrogen) atoms. The first-order valence-corrected chi connectivity index (χ1v) is 11.5. The molecule has 0 heterocycles. The molecule has 1 N–H and O–H groups in total. The van der Waals surface area contributed by atoms with Gasteiger partial charge in [0.1, 0.15) is 5.75 Å². The van der Waals surface area contributed by atoms with Gasteiger partial charge in [-0.1, -0.05) is 60.2 Å². The zero-order valence-electron chi connectivity index (χ0n) is 19.9. The molecule has 0 spiro atoms. The van der Waals surface area contributed by atoms with Crippen molar-refractivity contribution in [2.45, 2.75) is 19.9 Å². The number of hydrogen-bond donors (Lipinski definition) is 1. The fourth-order valence-electron chi connectivity index (χ4n) is 3.76. The predicted octanol–water partition coefficient (Wildman–Crippen LogP) is 6.03. The summed E-state index contributed by atoms with van der Waals surface area (Å²) in [5.74, 6) is 0.553. The number of carbonyl (C=O) groups is 2. The van der Waals surface area contributed by atoms with Gasteiger partial charge in [-0.3, -0.25) is 9.59 Å². The quantitative estimate of drug-likeness (QED) is 0.346. The van der Waals surface area contributed by atoms with Gasteiger partial charge in [0, 0.05) is 16.9 Å². The molecule has 4 rings (SSSR count). The molecular weight excluding hydrogens is 436 g/mol. The number of benzene rings is 4. The Labute approximate surface area is 206 Å². The minimum absolute atomic E-state index is 0.0705. The number of carbonyl (C=O) groups excluding carboxylic acids is 2. The van der Waals surface area contributed by atoms with E-state index in [9.17, 15) is 9.59 Å². The first-order chi connectivity index (χ1) is 17.0. The number of anilines is 2. The van der Waals surface area contributed by atoms with E-state index in [-0.39, 0.29) is 18.2 Å². The molecular formula is C30H28N2O3. The van der Waals surface area contributed by atoms with Crippen LogP contribution in [0.3, 0.4) is 0 Å². The summed E-state index contributed by atoms with van der Waals surface area (Å²) in [6.45, 7) is 2.45. The van der Waals surface area contributed by atoms with Gasteiger partial charge < -0.3 is 15.0 Å². The highest BCUT2D eigenvalue weighted by atomic mass is 16.5. The summed E-state index contributed by atoms with van der Waals surface area (Å²) in [6, 6.07) is 32.3. The summed E-state index contributed by atoms with van der Waals surface area (Å²) in [7, 11) is 1.60. The van der Waals surface area contributed by atoms with Crippen molar-refractivity contribution in [3.8, 4) is 5.75 Å². The van der Waals surface area contributed by atoms with Crippen LogP contribution in [-0.2, 0) is 17.8 Å². The van der Waals surface area contributed by atoms with Gasteiger partial charge in [0.15, 0.2) is 0 Å². The molecule has 5 nitrogen and oxygen atoms in total. The van der Waals surface area contributed by atoms with E-state index in [0.717, 1.165) is 28.1 Å². The third-order valence-corrected chi connectivity index (χ3v) is 5.71. The fraction of sp³-hybridized carbons (Fsp3) is 0.133. The maximum absolute atomic E-state index is 13.4. The summed E-state index contributed by atoms with van der Waals surface area (Å²) in [4.78, 5) is 27.7. The Morgan fingerprint density at radius 3 is 2.06 bits per heavy atom. The second-order valence-corrected chi connectivity index (χ2v) is 8.36. The van der Waals surface area contributed by atoms with Crippen molar-refractivity contribution < 1.29 is 14.3 Å². The van der Waals surface area contributed by atoms with Gasteiger partial charge in [-0.15, -0.1) is 0 Å². The van der Waals surface area contributed by atoms with E-state index >= 15 is 0 Å². The molecule has 4 aromatic carbocycles. The van der Waals surface area contributed by atoms with Crippen molar-refractivity contribution in [3.63, 3.8) is 0 Å². The van der Waals surface area contributed by atoms with Crippen molar-refractivity contribution in [1.82, 2.24) is 0 Å². The van der Waals surface area contributed by atoms with Crippen molar-refractivity contribution in [3.05, 3.63) is 125 Å². The lowest BCUT2D eigenvalue weighted by Crippen LogP contribution is -2.30. The van der Waals surface area contributed by atoms with Gasteiger partial charge in [-0.2, -0.15) is 0 Å². The summed E-state index contributed by atoms with van der Waals surface area (Å²) >= 11 is 0. The van der Waals surface area contributed by atoms with Crippen molar-refractivity contribution in [1.29, 1.82) is 0 Å². The number of hydrogen-bond acceptors (Lipinski definition) is 3. The molecule has 0 atom stereocenters. The molecule has 0 aromatic heterocycles. The van der Waals surface area contributed by atoms with Crippen LogP contribution in [0.1, 0.15) is 27.0 Å². The second kappa shape index (κ2) is 11.2. The van der Waals surface area contributed by atoms with Crippen LogP contribution in [0.5, 0.6) is 5.75 Å². The Bertz CT molecular complexity index is 1270. The van der Waals surface area contributed by atoms with Crippen LogP contribution in [0.25, 0.3) is 0 Å². The molecule has 0 aliphatic heterocycles. The lowest BCUT2D eigenvalue weighted by atomic mass is 10.1. The average Bonchev–Trinajstić information content (AvgIpc) is 2.89. The molecule has 0 saturated heterocycles. The second-order valence-electron chi connectivity index (χ2n) is 8.36. The van der Waals surface area contributed by atoms with Crippen LogP contribution in [0.4, 0.5) is 11.4 Å². The Kier molecular flexibility index (Phi) is 7.58. The molecule has 0 aliphatic rings. The van der Waals surface area contributed by atoms with E-state index in [2.05, 4.69) is 5.32 Å². The first-order valence-electron chi connectivity index (χ1n) is 11.5. The van der Waals surface area contributed by atoms with Gasteiger partial charge >= 0.3 is 0 Å². The number of nitrogens with one attached hydrogen (secondary N) is 1. The molecule has 0 aliphatic carbocycles. The highest BCUT2D eigenvalue weighted by Crippen LogP contribution is 2.22. The first kappa shape index (κ1) is 23.8. The lowest BCUT2D eigenvalue weighted by molar-refractivity contribution is -0.115. The summed E-state index contributed by atoms with van der Waals surface area (Å²) in [5, 5.41) is 2.90. The number of rotatable bonds is 8. The molecule has 5 heteroatoms. The summed E-state index contributed by atoms with van der Waals surface area (Å²) < 4.78 is 5.15. The molecule has 0 unspecified atom stereocenters. The minimum atomic E-state index is -0.111. The van der Waals surface area contributed by atoms with E-state index < -0.39 is 0 Å².